The van der Waals surface area contributed by atoms with Crippen LogP contribution in [0.25, 0.3) is 0 Å². The minimum atomic E-state index is -0.0574. The van der Waals surface area contributed by atoms with Gasteiger partial charge in [0.15, 0.2) is 0 Å². The molecule has 0 saturated carbocycles. The summed E-state index contributed by atoms with van der Waals surface area (Å²) in [5.41, 5.74) is 0.964. The van der Waals surface area contributed by atoms with Gasteiger partial charge in [-0.3, -0.25) is 0 Å². The molecule has 0 spiro atoms. The normalized spacial score (nSPS) is 14.8. The maximum absolute atomic E-state index is 12.4. The summed E-state index contributed by atoms with van der Waals surface area (Å²) in [5, 5.41) is 3.02. The van der Waals surface area contributed by atoms with E-state index in [1.54, 1.807) is 12.5 Å². The van der Waals surface area contributed by atoms with Crippen LogP contribution in [0.5, 0.6) is 0 Å². The molecule has 0 aliphatic carbocycles. The van der Waals surface area contributed by atoms with E-state index >= 15 is 0 Å². The SMILES string of the molecule is CC(C)(C)c1nccc(CCCNC(=O)N2CCN(c3ccncn3)CC2)n1. The first-order valence-corrected chi connectivity index (χ1v) is 9.79. The molecule has 0 aromatic carbocycles. The molecule has 150 valence electrons. The number of urea groups is 1. The minimum Gasteiger partial charge on any atom is -0.353 e. The van der Waals surface area contributed by atoms with Crippen molar-refractivity contribution < 1.29 is 4.79 Å². The van der Waals surface area contributed by atoms with Gasteiger partial charge in [-0.2, -0.15) is 0 Å². The van der Waals surface area contributed by atoms with Gasteiger partial charge in [0.2, 0.25) is 0 Å². The quantitative estimate of drug-likeness (QED) is 0.795. The van der Waals surface area contributed by atoms with Crippen LogP contribution in [0.4, 0.5) is 10.6 Å². The predicted molar refractivity (Wildman–Crippen MR) is 108 cm³/mol. The molecule has 8 heteroatoms. The van der Waals surface area contributed by atoms with E-state index in [0.717, 1.165) is 43.3 Å². The Kier molecular flexibility index (Phi) is 6.38. The fourth-order valence-electron chi connectivity index (χ4n) is 3.08. The van der Waals surface area contributed by atoms with Crippen molar-refractivity contribution in [1.29, 1.82) is 0 Å². The van der Waals surface area contributed by atoms with Crippen LogP contribution in [0.2, 0.25) is 0 Å². The molecule has 1 N–H and O–H groups in total. The van der Waals surface area contributed by atoms with Crippen LogP contribution in [0, 0.1) is 0 Å². The van der Waals surface area contributed by atoms with Crippen LogP contribution in [-0.4, -0.2) is 63.6 Å². The lowest BCUT2D eigenvalue weighted by Gasteiger charge is -2.35. The largest absolute Gasteiger partial charge is 0.353 e. The Bertz CT molecular complexity index is 768. The van der Waals surface area contributed by atoms with Crippen molar-refractivity contribution in [3.05, 3.63) is 42.4 Å². The zero-order chi connectivity index (χ0) is 20.0. The highest BCUT2D eigenvalue weighted by Gasteiger charge is 2.21. The van der Waals surface area contributed by atoms with Gasteiger partial charge in [-0.15, -0.1) is 0 Å². The van der Waals surface area contributed by atoms with Crippen molar-refractivity contribution in [3.63, 3.8) is 0 Å². The molecule has 0 atom stereocenters. The van der Waals surface area contributed by atoms with Crippen molar-refractivity contribution in [2.24, 2.45) is 0 Å². The smallest absolute Gasteiger partial charge is 0.317 e. The molecule has 3 rings (SSSR count). The van der Waals surface area contributed by atoms with Crippen LogP contribution in [0.3, 0.4) is 0 Å². The van der Waals surface area contributed by atoms with E-state index in [2.05, 4.69) is 50.9 Å². The fourth-order valence-corrected chi connectivity index (χ4v) is 3.08. The second kappa shape index (κ2) is 8.95. The molecule has 28 heavy (non-hydrogen) atoms. The van der Waals surface area contributed by atoms with Gasteiger partial charge in [-0.05, 0) is 25.0 Å². The summed E-state index contributed by atoms with van der Waals surface area (Å²) in [5.74, 6) is 1.77. The van der Waals surface area contributed by atoms with Gasteiger partial charge >= 0.3 is 6.03 Å². The number of rotatable bonds is 5. The van der Waals surface area contributed by atoms with Gasteiger partial charge in [0, 0.05) is 56.2 Å². The summed E-state index contributed by atoms with van der Waals surface area (Å²) in [6.45, 7) is 9.90. The Morgan fingerprint density at radius 3 is 2.57 bits per heavy atom. The second-order valence-electron chi connectivity index (χ2n) is 8.00. The van der Waals surface area contributed by atoms with Gasteiger partial charge in [-0.25, -0.2) is 24.7 Å². The maximum atomic E-state index is 12.4. The van der Waals surface area contributed by atoms with E-state index in [9.17, 15) is 4.79 Å². The number of piperazine rings is 1. The average Bonchev–Trinajstić information content (AvgIpc) is 2.71. The van der Waals surface area contributed by atoms with E-state index in [0.29, 0.717) is 19.6 Å². The third kappa shape index (κ3) is 5.37. The number of nitrogens with zero attached hydrogens (tertiary/aromatic N) is 6. The minimum absolute atomic E-state index is 0.000376. The first-order valence-electron chi connectivity index (χ1n) is 9.79. The molecule has 0 bridgehead atoms. The Morgan fingerprint density at radius 2 is 1.89 bits per heavy atom. The topological polar surface area (TPSA) is 87.1 Å². The number of carbonyl (C=O) groups excluding carboxylic acids is 1. The lowest BCUT2D eigenvalue weighted by atomic mass is 9.95. The maximum Gasteiger partial charge on any atom is 0.317 e. The lowest BCUT2D eigenvalue weighted by Crippen LogP contribution is -2.52. The van der Waals surface area contributed by atoms with Crippen molar-refractivity contribution in [3.8, 4) is 0 Å². The number of anilines is 1. The zero-order valence-corrected chi connectivity index (χ0v) is 16.9. The van der Waals surface area contributed by atoms with E-state index < -0.39 is 0 Å². The third-order valence-electron chi connectivity index (χ3n) is 4.73. The monoisotopic (exact) mass is 383 g/mol. The highest BCUT2D eigenvalue weighted by molar-refractivity contribution is 5.74. The molecular weight excluding hydrogens is 354 g/mol. The second-order valence-corrected chi connectivity index (χ2v) is 8.00. The molecule has 2 aromatic rings. The molecule has 1 aliphatic rings. The number of hydrogen-bond donors (Lipinski definition) is 1. The molecule has 1 fully saturated rings. The molecule has 2 amide bonds. The van der Waals surface area contributed by atoms with E-state index in [1.165, 1.54) is 0 Å². The number of carbonyl (C=O) groups is 1. The number of amides is 2. The Morgan fingerprint density at radius 1 is 1.11 bits per heavy atom. The van der Waals surface area contributed by atoms with Crippen LogP contribution in [0.1, 0.15) is 38.7 Å². The van der Waals surface area contributed by atoms with Crippen molar-refractivity contribution >= 4 is 11.8 Å². The van der Waals surface area contributed by atoms with Gasteiger partial charge in [0.1, 0.15) is 18.0 Å². The van der Waals surface area contributed by atoms with Crippen LogP contribution >= 0.6 is 0 Å². The van der Waals surface area contributed by atoms with Crippen molar-refractivity contribution in [2.45, 2.75) is 39.0 Å². The van der Waals surface area contributed by atoms with Gasteiger partial charge < -0.3 is 15.1 Å². The summed E-state index contributed by atoms with van der Waals surface area (Å²) in [4.78, 5) is 33.6. The Labute approximate surface area is 166 Å². The van der Waals surface area contributed by atoms with Crippen molar-refractivity contribution in [2.75, 3.05) is 37.6 Å². The van der Waals surface area contributed by atoms with Crippen LogP contribution in [0.15, 0.2) is 30.9 Å². The number of nitrogens with one attached hydrogen (secondary N) is 1. The molecule has 1 aliphatic heterocycles. The number of hydrogen-bond acceptors (Lipinski definition) is 6. The highest BCUT2D eigenvalue weighted by Crippen LogP contribution is 2.17. The highest BCUT2D eigenvalue weighted by atomic mass is 16.2. The Hall–Kier alpha value is -2.77. The molecule has 0 unspecified atom stereocenters. The molecular formula is C20H29N7O. The summed E-state index contributed by atoms with van der Waals surface area (Å²) in [6.07, 6.45) is 6.79. The third-order valence-corrected chi connectivity index (χ3v) is 4.73. The van der Waals surface area contributed by atoms with E-state index in [4.69, 9.17) is 0 Å². The van der Waals surface area contributed by atoms with Crippen LogP contribution in [-0.2, 0) is 11.8 Å². The fraction of sp³-hybridized carbons (Fsp3) is 0.550. The molecule has 2 aromatic heterocycles. The first kappa shape index (κ1) is 20.0. The summed E-state index contributed by atoms with van der Waals surface area (Å²) < 4.78 is 0. The number of aryl methyl sites for hydroxylation is 1. The van der Waals surface area contributed by atoms with Crippen molar-refractivity contribution in [1.82, 2.24) is 30.2 Å². The van der Waals surface area contributed by atoms with E-state index in [-0.39, 0.29) is 11.4 Å². The number of aromatic nitrogens is 4. The summed E-state index contributed by atoms with van der Waals surface area (Å²) >= 11 is 0. The van der Waals surface area contributed by atoms with Gasteiger partial charge in [0.05, 0.1) is 0 Å². The molecule has 8 nitrogen and oxygen atoms in total. The summed E-state index contributed by atoms with van der Waals surface area (Å²) in [6, 6.07) is 3.84. The molecule has 3 heterocycles. The van der Waals surface area contributed by atoms with Gasteiger partial charge in [-0.1, -0.05) is 20.8 Å². The zero-order valence-electron chi connectivity index (χ0n) is 16.9. The Balaban J connectivity index is 1.38. The van der Waals surface area contributed by atoms with Crippen LogP contribution < -0.4 is 10.2 Å². The molecule has 0 radical (unpaired) electrons. The first-order chi connectivity index (χ1) is 13.4. The lowest BCUT2D eigenvalue weighted by molar-refractivity contribution is 0.194. The molecule has 1 saturated heterocycles. The van der Waals surface area contributed by atoms with Gasteiger partial charge in [0.25, 0.3) is 0 Å². The standard InChI is InChI=1S/C20H29N7O/c1-20(2,3)18-22-10-6-16(25-18)5-4-8-23-19(28)27-13-11-26(12-14-27)17-7-9-21-15-24-17/h6-7,9-10,15H,4-5,8,11-14H2,1-3H3,(H,23,28). The predicted octanol–water partition coefficient (Wildman–Crippen LogP) is 2.03. The van der Waals surface area contributed by atoms with E-state index in [1.807, 2.05) is 23.2 Å². The summed E-state index contributed by atoms with van der Waals surface area (Å²) in [7, 11) is 0. The average molecular weight is 384 g/mol.